The standard InChI is InChI=1S/C11H18N2OS/c1-9(10-5-4-8-15-10)13-11(14)6-2-3-7-12/h4-5,8-9H,2-3,6-7,12H2,1H3,(H,13,14)/t9-/m0/s1. The Morgan fingerprint density at radius 2 is 2.40 bits per heavy atom. The Bertz CT molecular complexity index is 285. The second-order valence-corrected chi connectivity index (χ2v) is 4.53. The molecule has 15 heavy (non-hydrogen) atoms. The van der Waals surface area contributed by atoms with Crippen LogP contribution in [0.15, 0.2) is 17.5 Å². The molecule has 3 N–H and O–H groups in total. The number of hydrogen-bond acceptors (Lipinski definition) is 3. The normalized spacial score (nSPS) is 12.4. The van der Waals surface area contributed by atoms with E-state index in [0.29, 0.717) is 13.0 Å². The topological polar surface area (TPSA) is 55.1 Å². The number of unbranched alkanes of at least 4 members (excludes halogenated alkanes) is 1. The molecule has 0 aromatic carbocycles. The zero-order valence-corrected chi connectivity index (χ0v) is 9.85. The average Bonchev–Trinajstić information content (AvgIpc) is 2.70. The molecule has 0 saturated heterocycles. The van der Waals surface area contributed by atoms with Gasteiger partial charge in [0.15, 0.2) is 0 Å². The van der Waals surface area contributed by atoms with E-state index in [0.717, 1.165) is 12.8 Å². The number of nitrogens with one attached hydrogen (secondary N) is 1. The highest BCUT2D eigenvalue weighted by molar-refractivity contribution is 7.10. The second-order valence-electron chi connectivity index (χ2n) is 3.55. The third kappa shape index (κ3) is 4.44. The molecular weight excluding hydrogens is 208 g/mol. The van der Waals surface area contributed by atoms with E-state index in [-0.39, 0.29) is 11.9 Å². The van der Waals surface area contributed by atoms with Crippen LogP contribution in [0.25, 0.3) is 0 Å². The number of nitrogens with two attached hydrogens (primary N) is 1. The summed E-state index contributed by atoms with van der Waals surface area (Å²) in [5.74, 6) is 0.115. The van der Waals surface area contributed by atoms with Crippen molar-refractivity contribution in [1.29, 1.82) is 0 Å². The van der Waals surface area contributed by atoms with Crippen molar-refractivity contribution in [1.82, 2.24) is 5.32 Å². The maximum Gasteiger partial charge on any atom is 0.220 e. The lowest BCUT2D eigenvalue weighted by Gasteiger charge is -2.11. The molecule has 84 valence electrons. The lowest BCUT2D eigenvalue weighted by molar-refractivity contribution is -0.121. The van der Waals surface area contributed by atoms with Crippen LogP contribution in [0.4, 0.5) is 0 Å². The van der Waals surface area contributed by atoms with Crippen molar-refractivity contribution >= 4 is 17.2 Å². The van der Waals surface area contributed by atoms with E-state index >= 15 is 0 Å². The summed E-state index contributed by atoms with van der Waals surface area (Å²) >= 11 is 1.67. The highest BCUT2D eigenvalue weighted by atomic mass is 32.1. The highest BCUT2D eigenvalue weighted by Crippen LogP contribution is 2.18. The van der Waals surface area contributed by atoms with Crippen molar-refractivity contribution in [3.05, 3.63) is 22.4 Å². The maximum absolute atomic E-state index is 11.5. The van der Waals surface area contributed by atoms with E-state index < -0.39 is 0 Å². The SMILES string of the molecule is C[C@H](NC(=O)CCCCN)c1cccs1. The first-order chi connectivity index (χ1) is 7.24. The molecule has 4 heteroatoms. The first-order valence-electron chi connectivity index (χ1n) is 5.27. The van der Waals surface area contributed by atoms with Gasteiger partial charge in [0, 0.05) is 11.3 Å². The van der Waals surface area contributed by atoms with Gasteiger partial charge in [-0.2, -0.15) is 0 Å². The van der Waals surface area contributed by atoms with Crippen molar-refractivity contribution in [2.24, 2.45) is 5.73 Å². The fourth-order valence-corrected chi connectivity index (χ4v) is 2.09. The Kier molecular flexibility index (Phi) is 5.36. The molecule has 0 bridgehead atoms. The predicted octanol–water partition coefficient (Wildman–Crippen LogP) is 2.05. The van der Waals surface area contributed by atoms with Crippen LogP contribution >= 0.6 is 11.3 Å². The van der Waals surface area contributed by atoms with E-state index in [9.17, 15) is 4.79 Å². The summed E-state index contributed by atoms with van der Waals surface area (Å²) in [5, 5.41) is 4.99. The summed E-state index contributed by atoms with van der Waals surface area (Å²) in [6, 6.07) is 4.16. The summed E-state index contributed by atoms with van der Waals surface area (Å²) < 4.78 is 0. The summed E-state index contributed by atoms with van der Waals surface area (Å²) in [6.45, 7) is 2.67. The highest BCUT2D eigenvalue weighted by Gasteiger charge is 2.09. The van der Waals surface area contributed by atoms with Crippen LogP contribution in [-0.4, -0.2) is 12.5 Å². The quantitative estimate of drug-likeness (QED) is 0.729. The molecule has 1 amide bonds. The molecular formula is C11H18N2OS. The largest absolute Gasteiger partial charge is 0.349 e. The van der Waals surface area contributed by atoms with Gasteiger partial charge >= 0.3 is 0 Å². The van der Waals surface area contributed by atoms with E-state index in [4.69, 9.17) is 5.73 Å². The van der Waals surface area contributed by atoms with Gasteiger partial charge in [-0.05, 0) is 37.8 Å². The number of hydrogen-bond donors (Lipinski definition) is 2. The van der Waals surface area contributed by atoms with Gasteiger partial charge in [0.1, 0.15) is 0 Å². The fourth-order valence-electron chi connectivity index (χ4n) is 1.35. The second kappa shape index (κ2) is 6.58. The molecule has 0 aliphatic carbocycles. The van der Waals surface area contributed by atoms with E-state index in [1.54, 1.807) is 11.3 Å². The molecule has 1 aromatic rings. The van der Waals surface area contributed by atoms with Crippen molar-refractivity contribution < 1.29 is 4.79 Å². The molecule has 1 atom stereocenters. The lowest BCUT2D eigenvalue weighted by atomic mass is 10.2. The molecule has 0 aliphatic heterocycles. The van der Waals surface area contributed by atoms with Gasteiger partial charge in [0.2, 0.25) is 5.91 Å². The summed E-state index contributed by atoms with van der Waals surface area (Å²) in [6.07, 6.45) is 2.37. The maximum atomic E-state index is 11.5. The molecule has 0 spiro atoms. The van der Waals surface area contributed by atoms with E-state index in [1.807, 2.05) is 24.4 Å². The Balaban J connectivity index is 2.26. The van der Waals surface area contributed by atoms with Gasteiger partial charge in [-0.1, -0.05) is 6.07 Å². The molecule has 3 nitrogen and oxygen atoms in total. The van der Waals surface area contributed by atoms with Crippen LogP contribution in [0.1, 0.15) is 37.1 Å². The van der Waals surface area contributed by atoms with Crippen LogP contribution < -0.4 is 11.1 Å². The fraction of sp³-hybridized carbons (Fsp3) is 0.545. The molecule has 1 heterocycles. The van der Waals surface area contributed by atoms with Crippen molar-refractivity contribution in [2.45, 2.75) is 32.2 Å². The van der Waals surface area contributed by atoms with Gasteiger partial charge in [0.25, 0.3) is 0 Å². The zero-order valence-electron chi connectivity index (χ0n) is 9.03. The molecule has 0 fully saturated rings. The Labute approximate surface area is 94.7 Å². The molecule has 0 radical (unpaired) electrons. The minimum atomic E-state index is 0.115. The third-order valence-electron chi connectivity index (χ3n) is 2.21. The average molecular weight is 226 g/mol. The number of carbonyl (C=O) groups excluding carboxylic acids is 1. The third-order valence-corrected chi connectivity index (χ3v) is 3.26. The minimum absolute atomic E-state index is 0.115. The van der Waals surface area contributed by atoms with Crippen molar-refractivity contribution in [2.75, 3.05) is 6.54 Å². The summed E-state index contributed by atoms with van der Waals surface area (Å²) in [4.78, 5) is 12.7. The van der Waals surface area contributed by atoms with Gasteiger partial charge in [-0.15, -0.1) is 11.3 Å². The molecule has 0 aliphatic rings. The lowest BCUT2D eigenvalue weighted by Crippen LogP contribution is -2.25. The van der Waals surface area contributed by atoms with Gasteiger partial charge in [0.05, 0.1) is 6.04 Å². The molecule has 1 aromatic heterocycles. The molecule has 1 rings (SSSR count). The van der Waals surface area contributed by atoms with E-state index in [1.165, 1.54) is 4.88 Å². The number of rotatable bonds is 6. The van der Waals surface area contributed by atoms with Crippen LogP contribution in [0, 0.1) is 0 Å². The Morgan fingerprint density at radius 3 is 3.00 bits per heavy atom. The van der Waals surface area contributed by atoms with Crippen molar-refractivity contribution in [3.63, 3.8) is 0 Å². The Morgan fingerprint density at radius 1 is 1.60 bits per heavy atom. The summed E-state index contributed by atoms with van der Waals surface area (Å²) in [5.41, 5.74) is 5.36. The number of amides is 1. The Hall–Kier alpha value is -0.870. The monoisotopic (exact) mass is 226 g/mol. The first kappa shape index (κ1) is 12.2. The van der Waals surface area contributed by atoms with Gasteiger partial charge in [-0.25, -0.2) is 0 Å². The first-order valence-corrected chi connectivity index (χ1v) is 6.15. The zero-order chi connectivity index (χ0) is 11.1. The van der Waals surface area contributed by atoms with E-state index in [2.05, 4.69) is 5.32 Å². The smallest absolute Gasteiger partial charge is 0.220 e. The predicted molar refractivity (Wildman–Crippen MR) is 63.8 cm³/mol. The molecule has 0 unspecified atom stereocenters. The van der Waals surface area contributed by atoms with Crippen LogP contribution in [0.2, 0.25) is 0 Å². The van der Waals surface area contributed by atoms with Crippen LogP contribution in [0.5, 0.6) is 0 Å². The minimum Gasteiger partial charge on any atom is -0.349 e. The van der Waals surface area contributed by atoms with Crippen LogP contribution in [0.3, 0.4) is 0 Å². The number of carbonyl (C=O) groups is 1. The summed E-state index contributed by atoms with van der Waals surface area (Å²) in [7, 11) is 0. The van der Waals surface area contributed by atoms with Crippen LogP contribution in [-0.2, 0) is 4.79 Å². The van der Waals surface area contributed by atoms with Gasteiger partial charge < -0.3 is 11.1 Å². The number of thiophene rings is 1. The van der Waals surface area contributed by atoms with Crippen molar-refractivity contribution in [3.8, 4) is 0 Å². The molecule has 0 saturated carbocycles. The van der Waals surface area contributed by atoms with Gasteiger partial charge in [-0.3, -0.25) is 4.79 Å².